The van der Waals surface area contributed by atoms with Crippen LogP contribution in [0.25, 0.3) is 11.1 Å². The van der Waals surface area contributed by atoms with Crippen molar-refractivity contribution in [3.05, 3.63) is 331 Å². The first-order valence-electron chi connectivity index (χ1n) is 33.1. The summed E-state index contributed by atoms with van der Waals surface area (Å²) >= 11 is 0. The molecule has 0 saturated carbocycles. The lowest BCUT2D eigenvalue weighted by molar-refractivity contribution is 0.103. The first-order valence-corrected chi connectivity index (χ1v) is 33.1. The highest BCUT2D eigenvalue weighted by atomic mass is 16.5. The van der Waals surface area contributed by atoms with Gasteiger partial charge in [-0.25, -0.2) is 0 Å². The number of rotatable bonds is 21. The standard InChI is InChI=1S/C89H80O9/c1-53-41-77(42-54(2)81(53)65-25-27-68(28-26-65)82(90)66-21-17-15-18-22-66)95-87-61(9)49-79(50-62(87)10)96-85-55(3)43-75(44-56(85)4)92-72-37-31-70(32-38-72)89(13,14)71-33-39-73(40-34-71)93-76-45-57(5)86(58(6)46-76)97-80-51-63(11)88(64(12)52-80)98-78-47-59(7)84(60(8)48-78)94-74-35-29-69(30-36-74)83(91)67-23-19-16-20-24-67/h15-52H,1-14H3. The number of hydrogen-bond acceptors (Lipinski definition) is 9. The van der Waals surface area contributed by atoms with Gasteiger partial charge in [-0.2, -0.15) is 0 Å². The number of hydrogen-bond donors (Lipinski definition) is 0. The van der Waals surface area contributed by atoms with Crippen LogP contribution < -0.4 is 33.2 Å². The molecule has 12 rings (SSSR count). The Morgan fingerprint density at radius 3 is 0.735 bits per heavy atom. The van der Waals surface area contributed by atoms with E-state index in [1.807, 2.05) is 251 Å². The predicted molar refractivity (Wildman–Crippen MR) is 393 cm³/mol. The fourth-order valence-electron chi connectivity index (χ4n) is 13.0. The van der Waals surface area contributed by atoms with Crippen LogP contribution in [0.15, 0.2) is 231 Å². The summed E-state index contributed by atoms with van der Waals surface area (Å²) in [5.41, 5.74) is 18.3. The molecule has 12 aromatic rings. The second-order valence-electron chi connectivity index (χ2n) is 26.2. The van der Waals surface area contributed by atoms with Gasteiger partial charge in [0.05, 0.1) is 0 Å². The lowest BCUT2D eigenvalue weighted by Crippen LogP contribution is -2.18. The number of ether oxygens (including phenoxy) is 7. The number of ketones is 2. The highest BCUT2D eigenvalue weighted by Gasteiger charge is 2.25. The number of benzene rings is 12. The van der Waals surface area contributed by atoms with Gasteiger partial charge in [-0.15, -0.1) is 0 Å². The van der Waals surface area contributed by atoms with E-state index in [1.165, 1.54) is 0 Å². The van der Waals surface area contributed by atoms with Crippen molar-refractivity contribution < 1.29 is 42.7 Å². The minimum atomic E-state index is -0.313. The van der Waals surface area contributed by atoms with Crippen molar-refractivity contribution in [1.82, 2.24) is 0 Å². The summed E-state index contributed by atoms with van der Waals surface area (Å²) in [5.74, 6) is 10.3. The molecule has 0 radical (unpaired) electrons. The summed E-state index contributed by atoms with van der Waals surface area (Å²) in [5, 5.41) is 0. The Morgan fingerprint density at radius 1 is 0.235 bits per heavy atom. The molecule has 0 unspecified atom stereocenters. The van der Waals surface area contributed by atoms with E-state index in [9.17, 15) is 9.59 Å². The van der Waals surface area contributed by atoms with Gasteiger partial charge in [0.1, 0.15) is 80.5 Å². The molecule has 0 atom stereocenters. The van der Waals surface area contributed by atoms with Crippen LogP contribution in [0.1, 0.15) is 124 Å². The van der Waals surface area contributed by atoms with Crippen molar-refractivity contribution in [3.63, 3.8) is 0 Å². The molecule has 0 aliphatic heterocycles. The highest BCUT2D eigenvalue weighted by Crippen LogP contribution is 2.44. The summed E-state index contributed by atoms with van der Waals surface area (Å²) < 4.78 is 45.7. The van der Waals surface area contributed by atoms with E-state index in [1.54, 1.807) is 12.1 Å². The zero-order chi connectivity index (χ0) is 69.1. The summed E-state index contributed by atoms with van der Waals surface area (Å²) in [6.45, 7) is 28.9. The van der Waals surface area contributed by atoms with Crippen molar-refractivity contribution in [3.8, 4) is 91.6 Å². The van der Waals surface area contributed by atoms with Gasteiger partial charge in [0, 0.05) is 27.7 Å². The molecule has 9 heteroatoms. The molecule has 0 aliphatic rings. The van der Waals surface area contributed by atoms with Crippen molar-refractivity contribution >= 4 is 11.6 Å². The Labute approximate surface area is 575 Å². The molecule has 0 spiro atoms. The largest absolute Gasteiger partial charge is 0.457 e. The molecule has 0 amide bonds. The van der Waals surface area contributed by atoms with E-state index in [-0.39, 0.29) is 17.0 Å². The molecular formula is C89H80O9. The molecule has 0 bridgehead atoms. The minimum Gasteiger partial charge on any atom is -0.457 e. The van der Waals surface area contributed by atoms with Crippen LogP contribution in [-0.2, 0) is 5.41 Å². The Balaban J connectivity index is 0.634. The molecule has 0 aromatic heterocycles. The Morgan fingerprint density at radius 2 is 0.449 bits per heavy atom. The van der Waals surface area contributed by atoms with Gasteiger partial charge in [0.25, 0.3) is 0 Å². The third-order valence-electron chi connectivity index (χ3n) is 18.0. The van der Waals surface area contributed by atoms with Gasteiger partial charge in [0.2, 0.25) is 0 Å². The second-order valence-corrected chi connectivity index (χ2v) is 26.2. The molecule has 0 fully saturated rings. The van der Waals surface area contributed by atoms with Crippen LogP contribution in [-0.4, -0.2) is 11.6 Å². The quantitative estimate of drug-likeness (QED) is 0.0651. The normalized spacial score (nSPS) is 11.2. The van der Waals surface area contributed by atoms with Crippen molar-refractivity contribution in [2.24, 2.45) is 0 Å². The maximum atomic E-state index is 13.1. The molecule has 12 aromatic carbocycles. The number of carbonyl (C=O) groups excluding carboxylic acids is 2. The molecule has 490 valence electrons. The Bertz CT molecular complexity index is 4830. The van der Waals surface area contributed by atoms with E-state index in [0.717, 1.165) is 152 Å². The van der Waals surface area contributed by atoms with Crippen molar-refractivity contribution in [2.75, 3.05) is 0 Å². The van der Waals surface area contributed by atoms with Gasteiger partial charge in [-0.05, 0) is 293 Å². The highest BCUT2D eigenvalue weighted by molar-refractivity contribution is 6.09. The summed E-state index contributed by atoms with van der Waals surface area (Å²) in [7, 11) is 0. The van der Waals surface area contributed by atoms with Gasteiger partial charge in [-0.1, -0.05) is 123 Å². The average molecular weight is 1290 g/mol. The first-order chi connectivity index (χ1) is 47.0. The Kier molecular flexibility index (Phi) is 19.1. The zero-order valence-corrected chi connectivity index (χ0v) is 58.1. The third kappa shape index (κ3) is 14.7. The molecule has 98 heavy (non-hydrogen) atoms. The van der Waals surface area contributed by atoms with Gasteiger partial charge in [0.15, 0.2) is 11.6 Å². The summed E-state index contributed by atoms with van der Waals surface area (Å²) in [6.07, 6.45) is 0. The number of carbonyl (C=O) groups is 2. The first kappa shape index (κ1) is 66.6. The lowest BCUT2D eigenvalue weighted by Gasteiger charge is -2.26. The zero-order valence-electron chi connectivity index (χ0n) is 58.1. The molecule has 0 N–H and O–H groups in total. The van der Waals surface area contributed by atoms with Crippen LogP contribution in [0.5, 0.6) is 80.5 Å². The predicted octanol–water partition coefficient (Wildman–Crippen LogP) is 24.4. The SMILES string of the molecule is Cc1cc(Oc2ccc(C(C)(C)c3ccc(Oc4cc(C)c(Oc5cc(C)c(Oc6cc(C)c(-c7ccc(C(=O)c8ccccc8)cc7)c(C)c6)c(C)c5)c(C)c4)cc3)cc2)cc(C)c1Oc1cc(C)c(Oc2cc(C)c(Oc3ccc(C(=O)c4ccccc4)cc3)c(C)c2)c(C)c1. The van der Waals surface area contributed by atoms with Crippen LogP contribution in [0.2, 0.25) is 0 Å². The van der Waals surface area contributed by atoms with E-state index in [2.05, 4.69) is 64.1 Å². The van der Waals surface area contributed by atoms with Crippen LogP contribution >= 0.6 is 0 Å². The third-order valence-corrected chi connectivity index (χ3v) is 18.0. The molecule has 0 aliphatic carbocycles. The average Bonchev–Trinajstić information content (AvgIpc) is 0.808. The van der Waals surface area contributed by atoms with Crippen LogP contribution in [0.4, 0.5) is 0 Å². The van der Waals surface area contributed by atoms with E-state index in [4.69, 9.17) is 33.2 Å². The van der Waals surface area contributed by atoms with Crippen LogP contribution in [0.3, 0.4) is 0 Å². The number of aryl methyl sites for hydroxylation is 12. The van der Waals surface area contributed by atoms with Gasteiger partial charge in [-0.3, -0.25) is 9.59 Å². The van der Waals surface area contributed by atoms with Crippen LogP contribution in [0, 0.1) is 83.1 Å². The smallest absolute Gasteiger partial charge is 0.193 e. The van der Waals surface area contributed by atoms with Crippen molar-refractivity contribution in [1.29, 1.82) is 0 Å². The Hall–Kier alpha value is -11.4. The fourth-order valence-corrected chi connectivity index (χ4v) is 13.0. The molecule has 0 heterocycles. The van der Waals surface area contributed by atoms with E-state index >= 15 is 0 Å². The van der Waals surface area contributed by atoms with Gasteiger partial charge >= 0.3 is 0 Å². The second kappa shape index (κ2) is 28.1. The molecular weight excluding hydrogens is 1210 g/mol. The maximum Gasteiger partial charge on any atom is 0.193 e. The molecule has 0 saturated heterocycles. The lowest BCUT2D eigenvalue weighted by atomic mass is 9.78. The fraction of sp³-hybridized carbons (Fsp3) is 0.169. The van der Waals surface area contributed by atoms with E-state index in [0.29, 0.717) is 39.5 Å². The monoisotopic (exact) mass is 1290 g/mol. The summed E-state index contributed by atoms with van der Waals surface area (Å²) in [6, 6.07) is 74.5. The molecule has 9 nitrogen and oxygen atoms in total. The topological polar surface area (TPSA) is 98.8 Å². The minimum absolute atomic E-state index is 0.00819. The van der Waals surface area contributed by atoms with E-state index < -0.39 is 0 Å². The maximum absolute atomic E-state index is 13.1. The summed E-state index contributed by atoms with van der Waals surface area (Å²) in [4.78, 5) is 26.0. The van der Waals surface area contributed by atoms with Gasteiger partial charge < -0.3 is 33.2 Å². The van der Waals surface area contributed by atoms with Crippen molar-refractivity contribution in [2.45, 2.75) is 102 Å².